The Morgan fingerprint density at radius 3 is 2.83 bits per heavy atom. The van der Waals surface area contributed by atoms with Gasteiger partial charge in [-0.3, -0.25) is 9.69 Å². The smallest absolute Gasteiger partial charge is 0.255 e. The number of ether oxygens (including phenoxy) is 2. The number of methoxy groups -OCH3 is 1. The summed E-state index contributed by atoms with van der Waals surface area (Å²) in [6, 6.07) is 4.09. The third-order valence-electron chi connectivity index (χ3n) is 4.51. The zero-order valence-corrected chi connectivity index (χ0v) is 15.0. The molecule has 1 heterocycles. The van der Waals surface area contributed by atoms with Crippen molar-refractivity contribution in [2.45, 2.75) is 32.4 Å². The fourth-order valence-corrected chi connectivity index (χ4v) is 3.58. The number of rotatable bonds is 7. The summed E-state index contributed by atoms with van der Waals surface area (Å²) in [6.07, 6.45) is 2.38. The molecule has 1 amide bonds. The summed E-state index contributed by atoms with van der Waals surface area (Å²) in [5.41, 5.74) is 12.1. The van der Waals surface area contributed by atoms with Crippen LogP contribution in [0.3, 0.4) is 0 Å². The highest BCUT2D eigenvalue weighted by Crippen LogP contribution is 2.37. The lowest BCUT2D eigenvalue weighted by Gasteiger charge is -2.39. The number of hydrogen-bond acceptors (Lipinski definition) is 5. The lowest BCUT2D eigenvalue weighted by atomic mass is 9.90. The molecule has 0 saturated carbocycles. The minimum Gasteiger partial charge on any atom is -0.493 e. The van der Waals surface area contributed by atoms with E-state index in [-0.39, 0.29) is 6.61 Å². The fourth-order valence-electron chi connectivity index (χ4n) is 3.29. The van der Waals surface area contributed by atoms with E-state index in [0.717, 1.165) is 18.7 Å². The zero-order chi connectivity index (χ0) is 17.7. The van der Waals surface area contributed by atoms with Gasteiger partial charge in [0.25, 0.3) is 5.91 Å². The van der Waals surface area contributed by atoms with Crippen LogP contribution in [-0.2, 0) is 11.3 Å². The minimum absolute atomic E-state index is 0.242. The van der Waals surface area contributed by atoms with Gasteiger partial charge in [-0.15, -0.1) is 0 Å². The first-order valence-electron chi connectivity index (χ1n) is 8.17. The summed E-state index contributed by atoms with van der Waals surface area (Å²) in [4.78, 5) is 13.3. The third kappa shape index (κ3) is 4.53. The van der Waals surface area contributed by atoms with Gasteiger partial charge in [0.05, 0.1) is 12.1 Å². The van der Waals surface area contributed by atoms with Crippen LogP contribution in [0.2, 0.25) is 5.02 Å². The predicted molar refractivity (Wildman–Crippen MR) is 94.3 cm³/mol. The van der Waals surface area contributed by atoms with Gasteiger partial charge in [-0.1, -0.05) is 18.5 Å². The molecule has 0 radical (unpaired) electrons. The Labute approximate surface area is 148 Å². The Morgan fingerprint density at radius 2 is 2.21 bits per heavy atom. The number of carbonyl (C=O) groups excluding carboxylic acids is 1. The van der Waals surface area contributed by atoms with Gasteiger partial charge in [0.1, 0.15) is 0 Å². The molecule has 0 aromatic heterocycles. The molecule has 1 aliphatic rings. The van der Waals surface area contributed by atoms with Crippen LogP contribution in [0.15, 0.2) is 12.1 Å². The molecule has 2 atom stereocenters. The number of piperidine rings is 1. The number of carbonyl (C=O) groups is 1. The number of amides is 1. The number of likely N-dealkylation sites (tertiary alicyclic amines) is 1. The van der Waals surface area contributed by atoms with Gasteiger partial charge in [0, 0.05) is 19.1 Å². The third-order valence-corrected chi connectivity index (χ3v) is 4.79. The molecule has 0 bridgehead atoms. The van der Waals surface area contributed by atoms with E-state index >= 15 is 0 Å². The molecule has 134 valence electrons. The van der Waals surface area contributed by atoms with Crippen LogP contribution in [-0.4, -0.2) is 43.7 Å². The van der Waals surface area contributed by atoms with Crippen molar-refractivity contribution in [3.63, 3.8) is 0 Å². The Morgan fingerprint density at radius 1 is 1.46 bits per heavy atom. The van der Waals surface area contributed by atoms with E-state index in [2.05, 4.69) is 11.8 Å². The number of benzene rings is 1. The van der Waals surface area contributed by atoms with Crippen molar-refractivity contribution in [1.82, 2.24) is 4.90 Å². The van der Waals surface area contributed by atoms with Crippen LogP contribution in [0.25, 0.3) is 0 Å². The van der Waals surface area contributed by atoms with Gasteiger partial charge < -0.3 is 20.9 Å². The molecule has 7 heteroatoms. The number of hydrogen-bond donors (Lipinski definition) is 2. The molecule has 0 spiro atoms. The molecule has 1 fully saturated rings. The summed E-state index contributed by atoms with van der Waals surface area (Å²) in [6.45, 7) is 4.42. The SMILES string of the molecule is COc1cc(CN2CCCC(C)C2CN)cc(Cl)c1OCC(N)=O. The van der Waals surface area contributed by atoms with Crippen molar-refractivity contribution in [1.29, 1.82) is 0 Å². The summed E-state index contributed by atoms with van der Waals surface area (Å²) in [7, 11) is 1.54. The molecule has 1 aromatic carbocycles. The van der Waals surface area contributed by atoms with Crippen LogP contribution >= 0.6 is 11.6 Å². The molecular formula is C17H26ClN3O3. The van der Waals surface area contributed by atoms with Gasteiger partial charge in [0.2, 0.25) is 0 Å². The molecule has 1 aromatic rings. The number of nitrogens with zero attached hydrogens (tertiary/aromatic N) is 1. The summed E-state index contributed by atoms with van der Waals surface area (Å²) in [5.74, 6) is 0.849. The van der Waals surface area contributed by atoms with Crippen molar-refractivity contribution < 1.29 is 14.3 Å². The summed E-state index contributed by atoms with van der Waals surface area (Å²) in [5, 5.41) is 0.403. The van der Waals surface area contributed by atoms with Crippen LogP contribution in [0.5, 0.6) is 11.5 Å². The predicted octanol–water partition coefficient (Wildman–Crippen LogP) is 1.77. The van der Waals surface area contributed by atoms with Crippen LogP contribution < -0.4 is 20.9 Å². The molecule has 0 aliphatic carbocycles. The second-order valence-corrected chi connectivity index (χ2v) is 6.66. The summed E-state index contributed by atoms with van der Waals surface area (Å²) >= 11 is 6.31. The fraction of sp³-hybridized carbons (Fsp3) is 0.588. The van der Waals surface area contributed by atoms with Gasteiger partial charge in [0.15, 0.2) is 18.1 Å². The maximum absolute atomic E-state index is 10.9. The monoisotopic (exact) mass is 355 g/mol. The Bertz CT molecular complexity index is 582. The number of primary amides is 1. The van der Waals surface area contributed by atoms with Crippen molar-refractivity contribution in [3.8, 4) is 11.5 Å². The largest absolute Gasteiger partial charge is 0.493 e. The topological polar surface area (TPSA) is 90.8 Å². The minimum atomic E-state index is -0.565. The van der Waals surface area contributed by atoms with Gasteiger partial charge in [-0.25, -0.2) is 0 Å². The van der Waals surface area contributed by atoms with E-state index in [0.29, 0.717) is 35.0 Å². The van der Waals surface area contributed by atoms with Crippen molar-refractivity contribution >= 4 is 17.5 Å². The average molecular weight is 356 g/mol. The van der Waals surface area contributed by atoms with E-state index in [1.807, 2.05) is 12.1 Å². The summed E-state index contributed by atoms with van der Waals surface area (Å²) < 4.78 is 10.7. The molecule has 6 nitrogen and oxygen atoms in total. The second-order valence-electron chi connectivity index (χ2n) is 6.26. The molecule has 1 saturated heterocycles. The highest BCUT2D eigenvalue weighted by Gasteiger charge is 2.27. The number of nitrogens with two attached hydrogens (primary N) is 2. The standard InChI is InChI=1S/C17H26ClN3O3/c1-11-4-3-5-21(14(11)8-19)9-12-6-13(18)17(15(7-12)23-2)24-10-16(20)22/h6-7,11,14H,3-5,8-10,19H2,1-2H3,(H2,20,22). The zero-order valence-electron chi connectivity index (χ0n) is 14.3. The molecule has 2 rings (SSSR count). The van der Waals surface area contributed by atoms with E-state index in [9.17, 15) is 4.79 Å². The molecule has 24 heavy (non-hydrogen) atoms. The Balaban J connectivity index is 2.18. The Hall–Kier alpha value is -1.50. The molecule has 2 unspecified atom stereocenters. The lowest BCUT2D eigenvalue weighted by Crippen LogP contribution is -2.48. The molecular weight excluding hydrogens is 330 g/mol. The maximum Gasteiger partial charge on any atom is 0.255 e. The van der Waals surface area contributed by atoms with Gasteiger partial charge >= 0.3 is 0 Å². The van der Waals surface area contributed by atoms with Gasteiger partial charge in [-0.2, -0.15) is 0 Å². The normalized spacial score (nSPS) is 21.5. The average Bonchev–Trinajstić information content (AvgIpc) is 2.53. The first kappa shape index (κ1) is 18.8. The number of halogens is 1. The van der Waals surface area contributed by atoms with Crippen molar-refractivity contribution in [3.05, 3.63) is 22.7 Å². The highest BCUT2D eigenvalue weighted by atomic mass is 35.5. The van der Waals surface area contributed by atoms with E-state index < -0.39 is 5.91 Å². The van der Waals surface area contributed by atoms with Crippen LogP contribution in [0.1, 0.15) is 25.3 Å². The lowest BCUT2D eigenvalue weighted by molar-refractivity contribution is -0.119. The van der Waals surface area contributed by atoms with Crippen LogP contribution in [0.4, 0.5) is 0 Å². The van der Waals surface area contributed by atoms with E-state index in [1.54, 1.807) is 0 Å². The van der Waals surface area contributed by atoms with E-state index in [4.69, 9.17) is 32.5 Å². The van der Waals surface area contributed by atoms with Crippen LogP contribution in [0, 0.1) is 5.92 Å². The molecule has 1 aliphatic heterocycles. The second kappa shape index (κ2) is 8.55. The maximum atomic E-state index is 10.9. The van der Waals surface area contributed by atoms with E-state index in [1.165, 1.54) is 20.0 Å². The van der Waals surface area contributed by atoms with Crippen molar-refractivity contribution in [2.75, 3.05) is 26.8 Å². The first-order valence-corrected chi connectivity index (χ1v) is 8.55. The van der Waals surface area contributed by atoms with Gasteiger partial charge in [-0.05, 0) is 43.0 Å². The quantitative estimate of drug-likeness (QED) is 0.777. The Kier molecular flexibility index (Phi) is 6.71. The molecule has 4 N–H and O–H groups in total. The highest BCUT2D eigenvalue weighted by molar-refractivity contribution is 6.32. The van der Waals surface area contributed by atoms with Crippen molar-refractivity contribution in [2.24, 2.45) is 17.4 Å². The first-order chi connectivity index (χ1) is 11.5.